The zero-order chi connectivity index (χ0) is 40.4. The van der Waals surface area contributed by atoms with Crippen molar-refractivity contribution in [3.63, 3.8) is 0 Å². The van der Waals surface area contributed by atoms with Gasteiger partial charge in [-0.2, -0.15) is 0 Å². The standard InChI is InChI=1S/C58H41NOS/c1-2-3-12-37-21-23-39(24-22-37)40-15-11-16-42(31-40)59(44-27-30-56-53(34-44)52-32-41(25-29-55(52)60-56)38-13-5-4-6-14-38)43-26-28-47-45-17-7-8-18-46(45)51-36-58-54(35-50(51)49(47)33-43)48-19-9-10-20-57(48)61-58/h4-11,13-36H,2-3,12H2,1H3. The molecule has 0 aliphatic rings. The zero-order valence-electron chi connectivity index (χ0n) is 33.9. The van der Waals surface area contributed by atoms with Crippen LogP contribution in [0.5, 0.6) is 0 Å². The highest BCUT2D eigenvalue weighted by molar-refractivity contribution is 7.25. The van der Waals surface area contributed by atoms with Crippen LogP contribution in [0.4, 0.5) is 17.1 Å². The maximum absolute atomic E-state index is 6.49. The van der Waals surface area contributed by atoms with Crippen molar-refractivity contribution in [2.45, 2.75) is 26.2 Å². The fraction of sp³-hybridized carbons (Fsp3) is 0.0690. The summed E-state index contributed by atoms with van der Waals surface area (Å²) in [6, 6.07) is 71.6. The average Bonchev–Trinajstić information content (AvgIpc) is 3.88. The molecule has 290 valence electrons. The second kappa shape index (κ2) is 14.5. The Labute approximate surface area is 358 Å². The zero-order valence-corrected chi connectivity index (χ0v) is 34.7. The third kappa shape index (κ3) is 6.07. The molecule has 2 nitrogen and oxygen atoms in total. The summed E-state index contributed by atoms with van der Waals surface area (Å²) in [7, 11) is 0. The summed E-state index contributed by atoms with van der Waals surface area (Å²) >= 11 is 1.88. The van der Waals surface area contributed by atoms with E-state index in [1.54, 1.807) is 0 Å². The second-order valence-electron chi connectivity index (χ2n) is 16.3. The molecule has 61 heavy (non-hydrogen) atoms. The van der Waals surface area contributed by atoms with Gasteiger partial charge in [0.1, 0.15) is 11.2 Å². The second-order valence-corrected chi connectivity index (χ2v) is 17.4. The molecule has 0 aliphatic heterocycles. The van der Waals surface area contributed by atoms with Crippen molar-refractivity contribution in [2.75, 3.05) is 4.90 Å². The number of hydrogen-bond donors (Lipinski definition) is 0. The first-order chi connectivity index (χ1) is 30.2. The number of fused-ring (bicyclic) bond motifs is 12. The fourth-order valence-electron chi connectivity index (χ4n) is 9.53. The van der Waals surface area contributed by atoms with E-state index in [1.165, 1.54) is 93.1 Å². The number of thiophene rings is 1. The number of unbranched alkanes of at least 4 members (excludes halogenated alkanes) is 1. The van der Waals surface area contributed by atoms with E-state index < -0.39 is 0 Å². The van der Waals surface area contributed by atoms with Gasteiger partial charge in [-0.1, -0.05) is 135 Å². The maximum atomic E-state index is 6.49. The van der Waals surface area contributed by atoms with Crippen LogP contribution in [0.2, 0.25) is 0 Å². The molecule has 3 heteroatoms. The van der Waals surface area contributed by atoms with Crippen LogP contribution in [-0.2, 0) is 6.42 Å². The van der Waals surface area contributed by atoms with Crippen LogP contribution >= 0.6 is 11.3 Å². The topological polar surface area (TPSA) is 16.4 Å². The summed E-state index contributed by atoms with van der Waals surface area (Å²) in [5, 5.41) is 12.5. The minimum Gasteiger partial charge on any atom is -0.456 e. The van der Waals surface area contributed by atoms with Crippen LogP contribution in [0, 0.1) is 0 Å². The van der Waals surface area contributed by atoms with Crippen LogP contribution < -0.4 is 4.90 Å². The molecule has 2 aromatic heterocycles. The quantitative estimate of drug-likeness (QED) is 0.142. The van der Waals surface area contributed by atoms with E-state index in [9.17, 15) is 0 Å². The van der Waals surface area contributed by atoms with Gasteiger partial charge < -0.3 is 9.32 Å². The largest absolute Gasteiger partial charge is 0.456 e. The first-order valence-electron chi connectivity index (χ1n) is 21.4. The highest BCUT2D eigenvalue weighted by Crippen LogP contribution is 2.46. The molecule has 0 fully saturated rings. The molecule has 0 spiro atoms. The Hall–Kier alpha value is -7.20. The van der Waals surface area contributed by atoms with E-state index in [1.807, 2.05) is 11.3 Å². The molecule has 12 rings (SSSR count). The van der Waals surface area contributed by atoms with Crippen LogP contribution in [0.1, 0.15) is 25.3 Å². The summed E-state index contributed by atoms with van der Waals surface area (Å²) in [6.07, 6.45) is 3.52. The van der Waals surface area contributed by atoms with Crippen LogP contribution in [0.3, 0.4) is 0 Å². The van der Waals surface area contributed by atoms with Gasteiger partial charge in [0.2, 0.25) is 0 Å². The molecule has 10 aromatic carbocycles. The lowest BCUT2D eigenvalue weighted by atomic mass is 9.92. The summed E-state index contributed by atoms with van der Waals surface area (Å²) in [5.41, 5.74) is 11.2. The Kier molecular flexibility index (Phi) is 8.50. The van der Waals surface area contributed by atoms with Crippen LogP contribution in [-0.4, -0.2) is 0 Å². The third-order valence-corrected chi connectivity index (χ3v) is 13.7. The van der Waals surface area contributed by atoms with Crippen LogP contribution in [0.15, 0.2) is 199 Å². The predicted molar refractivity (Wildman–Crippen MR) is 263 cm³/mol. The van der Waals surface area contributed by atoms with E-state index in [-0.39, 0.29) is 0 Å². The number of rotatable bonds is 8. The molecule has 0 N–H and O–H groups in total. The van der Waals surface area contributed by atoms with Crippen LogP contribution in [0.25, 0.3) is 96.7 Å². The summed E-state index contributed by atoms with van der Waals surface area (Å²) in [6.45, 7) is 2.25. The molecule has 0 radical (unpaired) electrons. The number of benzene rings is 10. The van der Waals surface area contributed by atoms with E-state index in [2.05, 4.69) is 206 Å². The number of aryl methyl sites for hydroxylation is 1. The summed E-state index contributed by atoms with van der Waals surface area (Å²) in [4.78, 5) is 2.43. The van der Waals surface area contributed by atoms with Crippen molar-refractivity contribution >= 4 is 103 Å². The fourth-order valence-corrected chi connectivity index (χ4v) is 10.7. The Morgan fingerprint density at radius 2 is 0.951 bits per heavy atom. The molecule has 0 saturated carbocycles. The van der Waals surface area contributed by atoms with Crippen molar-refractivity contribution < 1.29 is 4.42 Å². The van der Waals surface area contributed by atoms with Crippen molar-refractivity contribution in [2.24, 2.45) is 0 Å². The molecule has 12 aromatic rings. The Balaban J connectivity index is 1.09. The predicted octanol–water partition coefficient (Wildman–Crippen LogP) is 17.6. The SMILES string of the molecule is CCCCc1ccc(-c2cccc(N(c3ccc4oc5ccc(-c6ccccc6)cc5c4c3)c3ccc4c5ccccc5c5cc6sc7ccccc7c6cc5c4c3)c2)cc1. The van der Waals surface area contributed by atoms with E-state index in [0.717, 1.165) is 45.4 Å². The number of anilines is 3. The minimum absolute atomic E-state index is 0.879. The molecule has 0 unspecified atom stereocenters. The summed E-state index contributed by atoms with van der Waals surface area (Å²) in [5.74, 6) is 0. The molecular weight excluding hydrogens is 759 g/mol. The van der Waals surface area contributed by atoms with E-state index in [0.29, 0.717) is 0 Å². The molecule has 0 aliphatic carbocycles. The van der Waals surface area contributed by atoms with Gasteiger partial charge in [0.05, 0.1) is 0 Å². The minimum atomic E-state index is 0.879. The average molecular weight is 800 g/mol. The van der Waals surface area contributed by atoms with Gasteiger partial charge in [-0.25, -0.2) is 0 Å². The Morgan fingerprint density at radius 1 is 0.377 bits per heavy atom. The van der Waals surface area contributed by atoms with Gasteiger partial charge in [-0.05, 0) is 146 Å². The summed E-state index contributed by atoms with van der Waals surface area (Å²) < 4.78 is 9.13. The van der Waals surface area contributed by atoms with Gasteiger partial charge in [0, 0.05) is 48.0 Å². The molecule has 0 atom stereocenters. The lowest BCUT2D eigenvalue weighted by Crippen LogP contribution is -2.10. The van der Waals surface area contributed by atoms with Gasteiger partial charge in [0.15, 0.2) is 0 Å². The van der Waals surface area contributed by atoms with Crippen molar-refractivity contribution in [3.8, 4) is 22.3 Å². The lowest BCUT2D eigenvalue weighted by Gasteiger charge is -2.27. The van der Waals surface area contributed by atoms with Gasteiger partial charge >= 0.3 is 0 Å². The molecule has 0 bridgehead atoms. The van der Waals surface area contributed by atoms with E-state index >= 15 is 0 Å². The Morgan fingerprint density at radius 3 is 1.77 bits per heavy atom. The number of furan rings is 1. The third-order valence-electron chi connectivity index (χ3n) is 12.6. The molecule has 0 saturated heterocycles. The monoisotopic (exact) mass is 799 g/mol. The smallest absolute Gasteiger partial charge is 0.135 e. The molecular formula is C58H41NOS. The number of nitrogens with zero attached hydrogens (tertiary/aromatic N) is 1. The first-order valence-corrected chi connectivity index (χ1v) is 22.2. The van der Waals surface area contributed by atoms with Gasteiger partial charge in [0.25, 0.3) is 0 Å². The Bertz CT molecular complexity index is 3630. The molecule has 2 heterocycles. The normalized spacial score (nSPS) is 11.9. The highest BCUT2D eigenvalue weighted by atomic mass is 32.1. The van der Waals surface area contributed by atoms with Crippen molar-refractivity contribution in [1.82, 2.24) is 0 Å². The number of hydrogen-bond acceptors (Lipinski definition) is 3. The van der Waals surface area contributed by atoms with Crippen molar-refractivity contribution in [1.29, 1.82) is 0 Å². The van der Waals surface area contributed by atoms with Gasteiger partial charge in [-0.3, -0.25) is 0 Å². The van der Waals surface area contributed by atoms with E-state index in [4.69, 9.17) is 4.42 Å². The van der Waals surface area contributed by atoms with Gasteiger partial charge in [-0.15, -0.1) is 11.3 Å². The highest BCUT2D eigenvalue weighted by Gasteiger charge is 2.20. The van der Waals surface area contributed by atoms with Crippen molar-refractivity contribution in [3.05, 3.63) is 200 Å². The maximum Gasteiger partial charge on any atom is 0.135 e. The molecule has 0 amide bonds. The first kappa shape index (κ1) is 35.7. The lowest BCUT2D eigenvalue weighted by molar-refractivity contribution is 0.669.